The van der Waals surface area contributed by atoms with Gasteiger partial charge in [0.1, 0.15) is 70.5 Å². The molecule has 0 bridgehead atoms. The summed E-state index contributed by atoms with van der Waals surface area (Å²) in [5.41, 5.74) is -3.21. The summed E-state index contributed by atoms with van der Waals surface area (Å²) in [6.45, 7) is 1.86. The number of esters is 3. The van der Waals surface area contributed by atoms with Crippen LogP contribution < -0.4 is 31.1 Å². The fourth-order valence-corrected chi connectivity index (χ4v) is 7.83. The number of hydrogen-bond donors (Lipinski definition) is 0. The Morgan fingerprint density at radius 2 is 0.833 bits per heavy atom. The molecule has 0 fully saturated rings. The molecule has 0 aliphatic carbocycles. The van der Waals surface area contributed by atoms with Crippen molar-refractivity contribution in [3.63, 3.8) is 0 Å². The summed E-state index contributed by atoms with van der Waals surface area (Å²) >= 11 is 0. The molecule has 0 radical (unpaired) electrons. The first-order valence-corrected chi connectivity index (χ1v) is 24.3. The molecule has 0 unspecified atom stereocenters. The molecule has 0 atom stereocenters. The third-order valence-electron chi connectivity index (χ3n) is 12.3. The Morgan fingerprint density at radius 3 is 1.18 bits per heavy atom. The first kappa shape index (κ1) is 54.3. The summed E-state index contributed by atoms with van der Waals surface area (Å²) in [6.07, 6.45) is 4.96. The van der Waals surface area contributed by atoms with E-state index in [2.05, 4.69) is 0 Å². The molecular formula is C60H48O18. The van der Waals surface area contributed by atoms with Gasteiger partial charge in [-0.2, -0.15) is 0 Å². The number of fused-ring (bicyclic) bond motifs is 3. The van der Waals surface area contributed by atoms with Crippen molar-refractivity contribution in [3.05, 3.63) is 216 Å². The Morgan fingerprint density at radius 1 is 0.474 bits per heavy atom. The molecule has 18 heteroatoms. The maximum absolute atomic E-state index is 13.2. The van der Waals surface area contributed by atoms with Crippen molar-refractivity contribution in [2.75, 3.05) is 39.6 Å². The molecule has 0 saturated heterocycles. The monoisotopic (exact) mass is 1060 g/mol. The van der Waals surface area contributed by atoms with Crippen LogP contribution in [-0.4, -0.2) is 74.9 Å². The van der Waals surface area contributed by atoms with Crippen LogP contribution in [0.15, 0.2) is 185 Å². The van der Waals surface area contributed by atoms with Gasteiger partial charge in [0.05, 0.1) is 5.41 Å². The maximum Gasteiger partial charge on any atom is 0.347 e. The standard InChI is InChI=1S/C60H48O18/c1-4-13-36(5-2)54(64)45-24-39-18-21-42(27-48(39)76-57(45)67)70-30-51(61)73-33-60(6-3,34-74-52(62)31-71-43-22-19-40-25-46(58(68)77-49(40)28-43)55(65)37-14-9-7-10-15-37)35-75-53(63)32-72-44-23-20-41-26-47(59(69)78-50(41)29-44)56(66)38-16-11-8-12-17-38/h4-5,7-29H,6,30-35H2,1-3H3/b13-4-,36-5+. The molecule has 0 N–H and O–H groups in total. The van der Waals surface area contributed by atoms with E-state index in [1.165, 1.54) is 54.6 Å². The highest BCUT2D eigenvalue weighted by Crippen LogP contribution is 2.28. The smallest absolute Gasteiger partial charge is 0.347 e. The van der Waals surface area contributed by atoms with E-state index in [1.54, 1.807) is 118 Å². The van der Waals surface area contributed by atoms with Gasteiger partial charge in [-0.05, 0) is 74.9 Å². The highest BCUT2D eigenvalue weighted by Gasteiger charge is 2.35. The van der Waals surface area contributed by atoms with Gasteiger partial charge < -0.3 is 41.7 Å². The maximum atomic E-state index is 13.2. The van der Waals surface area contributed by atoms with E-state index in [0.717, 1.165) is 0 Å². The third kappa shape index (κ3) is 13.1. The average Bonchev–Trinajstić information content (AvgIpc) is 3.47. The van der Waals surface area contributed by atoms with E-state index in [-0.39, 0.29) is 57.1 Å². The Balaban J connectivity index is 0.913. The molecule has 0 aliphatic rings. The lowest BCUT2D eigenvalue weighted by atomic mass is 9.88. The van der Waals surface area contributed by atoms with Crippen LogP contribution in [0.4, 0.5) is 0 Å². The fraction of sp³-hybridized carbons (Fsp3) is 0.183. The summed E-state index contributed by atoms with van der Waals surface area (Å²) < 4.78 is 50.1. The molecule has 78 heavy (non-hydrogen) atoms. The van der Waals surface area contributed by atoms with Crippen molar-refractivity contribution < 1.29 is 70.4 Å². The van der Waals surface area contributed by atoms with Gasteiger partial charge in [-0.3, -0.25) is 14.4 Å². The van der Waals surface area contributed by atoms with Crippen molar-refractivity contribution in [3.8, 4) is 17.2 Å². The molecule has 18 nitrogen and oxygen atoms in total. The Labute approximate surface area is 443 Å². The van der Waals surface area contributed by atoms with Crippen LogP contribution in [0.25, 0.3) is 32.9 Å². The number of allylic oxidation sites excluding steroid dienone is 4. The Hall–Kier alpha value is -9.97. The Kier molecular flexibility index (Phi) is 17.1. The highest BCUT2D eigenvalue weighted by atomic mass is 16.6. The van der Waals surface area contributed by atoms with Gasteiger partial charge in [0.15, 0.2) is 37.2 Å². The number of ether oxygens (including phenoxy) is 6. The summed E-state index contributed by atoms with van der Waals surface area (Å²) in [7, 11) is 0. The van der Waals surface area contributed by atoms with Gasteiger partial charge in [0, 0.05) is 51.1 Å². The van der Waals surface area contributed by atoms with Gasteiger partial charge in [0.2, 0.25) is 0 Å². The molecule has 396 valence electrons. The zero-order valence-electron chi connectivity index (χ0n) is 42.2. The van der Waals surface area contributed by atoms with Crippen LogP contribution in [-0.2, 0) is 28.6 Å². The summed E-state index contributed by atoms with van der Waals surface area (Å²) in [5, 5.41) is 1.27. The van der Waals surface area contributed by atoms with E-state index >= 15 is 0 Å². The molecule has 0 spiro atoms. The molecule has 3 heterocycles. The molecular weight excluding hydrogens is 1010 g/mol. The summed E-state index contributed by atoms with van der Waals surface area (Å²) in [6, 6.07) is 34.0. The van der Waals surface area contributed by atoms with Gasteiger partial charge in [-0.15, -0.1) is 0 Å². The lowest BCUT2D eigenvalue weighted by molar-refractivity contribution is -0.164. The van der Waals surface area contributed by atoms with Crippen LogP contribution >= 0.6 is 0 Å². The molecule has 0 saturated carbocycles. The van der Waals surface area contributed by atoms with Crippen molar-refractivity contribution >= 4 is 68.2 Å². The van der Waals surface area contributed by atoms with Crippen molar-refractivity contribution in [2.24, 2.45) is 5.41 Å². The molecule has 5 aromatic carbocycles. The number of hydrogen-bond acceptors (Lipinski definition) is 18. The minimum atomic E-state index is -1.34. The molecule has 8 aromatic rings. The summed E-state index contributed by atoms with van der Waals surface area (Å²) in [4.78, 5) is 117. The predicted octanol–water partition coefficient (Wildman–Crippen LogP) is 8.74. The molecule has 8 rings (SSSR count). The number of carbonyl (C=O) groups is 6. The number of benzene rings is 5. The third-order valence-corrected chi connectivity index (χ3v) is 12.3. The van der Waals surface area contributed by atoms with Crippen molar-refractivity contribution in [1.29, 1.82) is 0 Å². The highest BCUT2D eigenvalue weighted by molar-refractivity contribution is 6.12. The van der Waals surface area contributed by atoms with Crippen LogP contribution in [0.2, 0.25) is 0 Å². The van der Waals surface area contributed by atoms with Gasteiger partial charge in [0.25, 0.3) is 0 Å². The second-order valence-electron chi connectivity index (χ2n) is 17.6. The van der Waals surface area contributed by atoms with E-state index in [9.17, 15) is 43.2 Å². The fourth-order valence-electron chi connectivity index (χ4n) is 7.83. The van der Waals surface area contributed by atoms with E-state index in [1.807, 2.05) is 0 Å². The van der Waals surface area contributed by atoms with Crippen LogP contribution in [0.5, 0.6) is 17.2 Å². The first-order valence-electron chi connectivity index (χ1n) is 24.3. The number of Topliss-reactive ketones (excluding diaryl/α,β-unsaturated/α-hetero) is 1. The van der Waals surface area contributed by atoms with Gasteiger partial charge in [-0.1, -0.05) is 85.8 Å². The predicted molar refractivity (Wildman–Crippen MR) is 282 cm³/mol. The average molecular weight is 1060 g/mol. The van der Waals surface area contributed by atoms with Crippen molar-refractivity contribution in [2.45, 2.75) is 27.2 Å². The topological polar surface area (TPSA) is 248 Å². The van der Waals surface area contributed by atoms with E-state index in [0.29, 0.717) is 32.9 Å². The molecule has 0 aliphatic heterocycles. The lowest BCUT2D eigenvalue weighted by Gasteiger charge is -2.31. The van der Waals surface area contributed by atoms with Gasteiger partial charge in [-0.25, -0.2) is 28.8 Å². The van der Waals surface area contributed by atoms with E-state index in [4.69, 9.17) is 41.7 Å². The second kappa shape index (κ2) is 24.6. The number of carbonyl (C=O) groups excluding carboxylic acids is 6. The SMILES string of the molecule is C/C=C\C(=C/C)C(=O)c1cc2ccc(OCC(=O)OCC(CC)(COC(=O)COc3ccc4cc(C(=O)c5ccccc5)c(=O)oc4c3)COC(=O)COc3ccc4cc(C(=O)c5ccccc5)c(=O)oc4c3)cc2oc1=O. The number of rotatable bonds is 23. The van der Waals surface area contributed by atoms with Crippen molar-refractivity contribution in [1.82, 2.24) is 0 Å². The minimum Gasteiger partial charge on any atom is -0.482 e. The van der Waals surface area contributed by atoms with Crippen LogP contribution in [0, 0.1) is 5.41 Å². The normalized spacial score (nSPS) is 11.6. The van der Waals surface area contributed by atoms with Crippen LogP contribution in [0.1, 0.15) is 69.4 Å². The quantitative estimate of drug-likeness (QED) is 0.0145. The first-order chi connectivity index (χ1) is 37.7. The summed E-state index contributed by atoms with van der Waals surface area (Å²) in [5.74, 6) is -3.77. The Bertz CT molecular complexity index is 3680. The largest absolute Gasteiger partial charge is 0.482 e. The van der Waals surface area contributed by atoms with Crippen LogP contribution in [0.3, 0.4) is 0 Å². The molecule has 3 aromatic heterocycles. The zero-order valence-corrected chi connectivity index (χ0v) is 42.2. The minimum absolute atomic E-state index is 0.0909. The van der Waals surface area contributed by atoms with E-state index < -0.39 is 97.2 Å². The zero-order chi connectivity index (χ0) is 55.3. The number of ketones is 3. The molecule has 0 amide bonds. The lowest BCUT2D eigenvalue weighted by Crippen LogP contribution is -2.40. The second-order valence-corrected chi connectivity index (χ2v) is 17.6. The van der Waals surface area contributed by atoms with Gasteiger partial charge >= 0.3 is 34.8 Å².